The monoisotopic (exact) mass is 245 g/mol. The Hall–Kier alpha value is -1.25. The number of ether oxygens (including phenoxy) is 1. The fraction of sp³-hybridized carbons (Fsp3) is 0.667. The van der Waals surface area contributed by atoms with Crippen LogP contribution in [0.5, 0.6) is 0 Å². The van der Waals surface area contributed by atoms with E-state index in [9.17, 15) is 4.79 Å². The quantitative estimate of drug-likeness (QED) is 0.759. The molecule has 0 saturated heterocycles. The minimum Gasteiger partial charge on any atom is -0.442 e. The third-order valence-electron chi connectivity index (χ3n) is 5.10. The van der Waals surface area contributed by atoms with E-state index >= 15 is 0 Å². The van der Waals surface area contributed by atoms with Crippen molar-refractivity contribution in [2.45, 2.75) is 44.1 Å². The molecule has 1 heterocycles. The Morgan fingerprint density at radius 2 is 1.50 bits per heavy atom. The molecule has 4 aliphatic rings. The Labute approximate surface area is 107 Å². The first-order chi connectivity index (χ1) is 8.72. The average molecular weight is 245 g/mol. The van der Waals surface area contributed by atoms with Crippen molar-refractivity contribution in [3.63, 3.8) is 0 Å². The zero-order valence-corrected chi connectivity index (χ0v) is 10.5. The molecule has 96 valence electrons. The SMILES string of the molecule is O=C(OC12CC3CC(CC(C3)C1)C2)n1cccc1. The highest BCUT2D eigenvalue weighted by Crippen LogP contribution is 2.57. The van der Waals surface area contributed by atoms with Gasteiger partial charge >= 0.3 is 6.09 Å². The number of carbonyl (C=O) groups excluding carboxylic acids is 1. The molecule has 0 N–H and O–H groups in total. The van der Waals surface area contributed by atoms with E-state index in [2.05, 4.69) is 0 Å². The van der Waals surface area contributed by atoms with Crippen LogP contribution < -0.4 is 0 Å². The molecule has 0 unspecified atom stereocenters. The topological polar surface area (TPSA) is 31.2 Å². The van der Waals surface area contributed by atoms with E-state index in [4.69, 9.17) is 4.74 Å². The molecule has 0 radical (unpaired) electrons. The first-order valence-electron chi connectivity index (χ1n) is 7.09. The highest BCUT2D eigenvalue weighted by molar-refractivity contribution is 5.71. The van der Waals surface area contributed by atoms with Gasteiger partial charge in [-0.15, -0.1) is 0 Å². The van der Waals surface area contributed by atoms with Crippen molar-refractivity contribution in [2.75, 3.05) is 0 Å². The van der Waals surface area contributed by atoms with E-state index < -0.39 is 0 Å². The molecule has 0 aliphatic heterocycles. The van der Waals surface area contributed by atoms with Gasteiger partial charge in [0, 0.05) is 12.4 Å². The summed E-state index contributed by atoms with van der Waals surface area (Å²) >= 11 is 0. The van der Waals surface area contributed by atoms with Crippen LogP contribution in [-0.4, -0.2) is 16.3 Å². The second kappa shape index (κ2) is 3.62. The molecule has 0 aromatic carbocycles. The zero-order valence-electron chi connectivity index (χ0n) is 10.5. The van der Waals surface area contributed by atoms with E-state index in [1.807, 2.05) is 12.1 Å². The number of nitrogens with zero attached hydrogens (tertiary/aromatic N) is 1. The molecule has 5 rings (SSSR count). The summed E-state index contributed by atoms with van der Waals surface area (Å²) in [5, 5.41) is 0. The van der Waals surface area contributed by atoms with Gasteiger partial charge in [-0.1, -0.05) is 0 Å². The summed E-state index contributed by atoms with van der Waals surface area (Å²) in [6, 6.07) is 3.72. The minimum absolute atomic E-state index is 0.129. The van der Waals surface area contributed by atoms with Crippen molar-refractivity contribution in [2.24, 2.45) is 17.8 Å². The normalized spacial score (nSPS) is 41.0. The Bertz CT molecular complexity index is 428. The lowest BCUT2D eigenvalue weighted by Gasteiger charge is -2.55. The molecule has 4 bridgehead atoms. The minimum atomic E-state index is -0.193. The average Bonchev–Trinajstić information content (AvgIpc) is 2.79. The summed E-state index contributed by atoms with van der Waals surface area (Å²) in [6.07, 6.45) is 10.8. The van der Waals surface area contributed by atoms with Gasteiger partial charge in [0.05, 0.1) is 0 Å². The van der Waals surface area contributed by atoms with E-state index in [-0.39, 0.29) is 11.7 Å². The van der Waals surface area contributed by atoms with Crippen molar-refractivity contribution in [3.05, 3.63) is 24.5 Å². The third kappa shape index (κ3) is 1.60. The van der Waals surface area contributed by atoms with Crippen LogP contribution in [-0.2, 0) is 4.74 Å². The van der Waals surface area contributed by atoms with Gasteiger partial charge in [-0.2, -0.15) is 0 Å². The van der Waals surface area contributed by atoms with Gasteiger partial charge in [0.2, 0.25) is 0 Å². The first kappa shape index (κ1) is 10.7. The summed E-state index contributed by atoms with van der Waals surface area (Å²) in [6.45, 7) is 0. The maximum atomic E-state index is 12.1. The van der Waals surface area contributed by atoms with Gasteiger partial charge in [-0.3, -0.25) is 4.57 Å². The van der Waals surface area contributed by atoms with Crippen molar-refractivity contribution in [1.29, 1.82) is 0 Å². The summed E-state index contributed by atoms with van der Waals surface area (Å²) in [7, 11) is 0. The second-order valence-corrected chi connectivity index (χ2v) is 6.56. The van der Waals surface area contributed by atoms with Crippen molar-refractivity contribution < 1.29 is 9.53 Å². The van der Waals surface area contributed by atoms with Crippen molar-refractivity contribution in [3.8, 4) is 0 Å². The highest BCUT2D eigenvalue weighted by atomic mass is 16.6. The number of rotatable bonds is 1. The lowest BCUT2D eigenvalue weighted by Crippen LogP contribution is -2.53. The Morgan fingerprint density at radius 1 is 1.00 bits per heavy atom. The molecular weight excluding hydrogens is 226 g/mol. The molecule has 4 fully saturated rings. The van der Waals surface area contributed by atoms with Crippen LogP contribution in [0.3, 0.4) is 0 Å². The number of carbonyl (C=O) groups is 1. The second-order valence-electron chi connectivity index (χ2n) is 6.56. The van der Waals surface area contributed by atoms with Crippen LogP contribution in [0.25, 0.3) is 0 Å². The summed E-state index contributed by atoms with van der Waals surface area (Å²) < 4.78 is 7.47. The van der Waals surface area contributed by atoms with Gasteiger partial charge in [-0.25, -0.2) is 4.79 Å². The highest BCUT2D eigenvalue weighted by Gasteiger charge is 2.53. The maximum Gasteiger partial charge on any atom is 0.418 e. The predicted octanol–water partition coefficient (Wildman–Crippen LogP) is 3.44. The smallest absolute Gasteiger partial charge is 0.418 e. The maximum absolute atomic E-state index is 12.1. The molecule has 3 heteroatoms. The van der Waals surface area contributed by atoms with Gasteiger partial charge < -0.3 is 4.74 Å². The number of hydrogen-bond donors (Lipinski definition) is 0. The Balaban J connectivity index is 1.56. The Kier molecular flexibility index (Phi) is 2.14. The lowest BCUT2D eigenvalue weighted by atomic mass is 9.54. The summed E-state index contributed by atoms with van der Waals surface area (Å²) in [5.41, 5.74) is -0.129. The fourth-order valence-electron chi connectivity index (χ4n) is 4.85. The number of aromatic nitrogens is 1. The molecule has 4 aliphatic carbocycles. The molecule has 1 aromatic heterocycles. The largest absolute Gasteiger partial charge is 0.442 e. The van der Waals surface area contributed by atoms with Gasteiger partial charge in [-0.05, 0) is 68.4 Å². The van der Waals surface area contributed by atoms with Gasteiger partial charge in [0.15, 0.2) is 0 Å². The van der Waals surface area contributed by atoms with Crippen LogP contribution in [0.1, 0.15) is 38.5 Å². The van der Waals surface area contributed by atoms with E-state index in [1.54, 1.807) is 17.0 Å². The van der Waals surface area contributed by atoms with Gasteiger partial charge in [0.25, 0.3) is 0 Å². The fourth-order valence-corrected chi connectivity index (χ4v) is 4.85. The van der Waals surface area contributed by atoms with Crippen molar-refractivity contribution >= 4 is 6.09 Å². The molecule has 0 atom stereocenters. The molecule has 18 heavy (non-hydrogen) atoms. The van der Waals surface area contributed by atoms with Crippen LogP contribution >= 0.6 is 0 Å². The number of hydrogen-bond acceptors (Lipinski definition) is 2. The van der Waals surface area contributed by atoms with Crippen LogP contribution in [0.15, 0.2) is 24.5 Å². The summed E-state index contributed by atoms with van der Waals surface area (Å²) in [4.78, 5) is 12.1. The molecule has 4 saturated carbocycles. The van der Waals surface area contributed by atoms with Gasteiger partial charge in [0.1, 0.15) is 5.60 Å². The molecular formula is C15H19NO2. The predicted molar refractivity (Wildman–Crippen MR) is 67.2 cm³/mol. The summed E-state index contributed by atoms with van der Waals surface area (Å²) in [5.74, 6) is 2.44. The van der Waals surface area contributed by atoms with Crippen LogP contribution in [0.4, 0.5) is 4.79 Å². The van der Waals surface area contributed by atoms with Crippen molar-refractivity contribution in [1.82, 2.24) is 4.57 Å². The molecule has 1 aromatic rings. The molecule has 0 amide bonds. The Morgan fingerprint density at radius 3 is 2.00 bits per heavy atom. The molecule has 0 spiro atoms. The van der Waals surface area contributed by atoms with Crippen LogP contribution in [0.2, 0.25) is 0 Å². The third-order valence-corrected chi connectivity index (χ3v) is 5.10. The zero-order chi connectivity index (χ0) is 12.2. The van der Waals surface area contributed by atoms with Crippen LogP contribution in [0, 0.1) is 17.8 Å². The standard InChI is InChI=1S/C15H19NO2/c17-14(16-3-1-2-4-16)18-15-8-11-5-12(9-15)7-13(6-11)10-15/h1-4,11-13H,5-10H2. The van der Waals surface area contributed by atoms with E-state index in [0.29, 0.717) is 0 Å². The van der Waals surface area contributed by atoms with E-state index in [0.717, 1.165) is 37.0 Å². The lowest BCUT2D eigenvalue weighted by molar-refractivity contribution is -0.127. The molecule has 3 nitrogen and oxygen atoms in total. The first-order valence-corrected chi connectivity index (χ1v) is 7.09. The van der Waals surface area contributed by atoms with E-state index in [1.165, 1.54) is 19.3 Å².